The van der Waals surface area contributed by atoms with E-state index in [1.165, 1.54) is 0 Å². The van der Waals surface area contributed by atoms with Gasteiger partial charge in [0.2, 0.25) is 0 Å². The highest BCUT2D eigenvalue weighted by Crippen LogP contribution is 2.40. The predicted octanol–water partition coefficient (Wildman–Crippen LogP) is 5.17. The Bertz CT molecular complexity index is 1440. The van der Waals surface area contributed by atoms with E-state index in [4.69, 9.17) is 4.98 Å². The molecule has 1 N–H and O–H groups in total. The number of nitrogens with zero attached hydrogens (tertiary/aromatic N) is 2. The van der Waals surface area contributed by atoms with Crippen LogP contribution < -0.4 is 10.2 Å². The van der Waals surface area contributed by atoms with E-state index in [-0.39, 0.29) is 17.7 Å². The quantitative estimate of drug-likeness (QED) is 0.451. The lowest BCUT2D eigenvalue weighted by molar-refractivity contribution is 0.0925. The van der Waals surface area contributed by atoms with Crippen LogP contribution in [0.4, 0.5) is 11.4 Å². The third kappa shape index (κ3) is 3.27. The molecule has 2 heterocycles. The van der Waals surface area contributed by atoms with Crippen LogP contribution in [0, 0.1) is 0 Å². The average molecular weight is 433 g/mol. The molecular weight excluding hydrogens is 414 g/mol. The van der Waals surface area contributed by atoms with Crippen molar-refractivity contribution in [1.82, 2.24) is 4.98 Å². The second kappa shape index (κ2) is 7.38. The number of imide groups is 1. The SMILES string of the molecule is O=C(Nc1cccc(N2C(=O)c3ccccc3C2=O)c1)c1cc(C2CC2)nc2ccccc12. The molecule has 33 heavy (non-hydrogen) atoms. The number of carbonyl (C=O) groups is 3. The summed E-state index contributed by atoms with van der Waals surface area (Å²) in [4.78, 5) is 44.8. The maximum atomic E-state index is 13.3. The number of benzene rings is 3. The molecule has 6 nitrogen and oxygen atoms in total. The van der Waals surface area contributed by atoms with Gasteiger partial charge in [0.05, 0.1) is 27.9 Å². The van der Waals surface area contributed by atoms with Crippen molar-refractivity contribution in [3.8, 4) is 0 Å². The molecule has 160 valence electrons. The minimum atomic E-state index is -0.367. The molecule has 4 aromatic rings. The number of anilines is 2. The lowest BCUT2D eigenvalue weighted by atomic mass is 10.1. The van der Waals surface area contributed by atoms with Crippen LogP contribution in [0.3, 0.4) is 0 Å². The molecule has 0 unspecified atom stereocenters. The summed E-state index contributed by atoms with van der Waals surface area (Å²) >= 11 is 0. The van der Waals surface area contributed by atoms with Gasteiger partial charge in [-0.3, -0.25) is 19.4 Å². The molecule has 1 aliphatic carbocycles. The molecule has 1 saturated carbocycles. The fourth-order valence-electron chi connectivity index (χ4n) is 4.32. The van der Waals surface area contributed by atoms with Crippen LogP contribution in [0.15, 0.2) is 78.9 Å². The topological polar surface area (TPSA) is 79.4 Å². The van der Waals surface area contributed by atoms with Crippen LogP contribution in [-0.2, 0) is 0 Å². The van der Waals surface area contributed by atoms with E-state index in [0.29, 0.717) is 34.0 Å². The Morgan fingerprint density at radius 3 is 2.27 bits per heavy atom. The van der Waals surface area contributed by atoms with Crippen molar-refractivity contribution >= 4 is 40.0 Å². The molecule has 0 bridgehead atoms. The zero-order chi connectivity index (χ0) is 22.5. The number of hydrogen-bond donors (Lipinski definition) is 1. The normalized spacial score (nSPS) is 15.1. The molecule has 0 radical (unpaired) electrons. The molecule has 6 heteroatoms. The van der Waals surface area contributed by atoms with Gasteiger partial charge in [-0.1, -0.05) is 36.4 Å². The number of para-hydroxylation sites is 1. The van der Waals surface area contributed by atoms with Crippen molar-refractivity contribution in [3.63, 3.8) is 0 Å². The highest BCUT2D eigenvalue weighted by atomic mass is 16.2. The first-order valence-electron chi connectivity index (χ1n) is 10.9. The largest absolute Gasteiger partial charge is 0.322 e. The highest BCUT2D eigenvalue weighted by molar-refractivity contribution is 6.34. The molecule has 3 amide bonds. The minimum Gasteiger partial charge on any atom is -0.322 e. The van der Waals surface area contributed by atoms with Crippen molar-refractivity contribution in [3.05, 3.63) is 101 Å². The lowest BCUT2D eigenvalue weighted by Crippen LogP contribution is -2.29. The van der Waals surface area contributed by atoms with Gasteiger partial charge in [-0.15, -0.1) is 0 Å². The van der Waals surface area contributed by atoms with Crippen molar-refractivity contribution in [2.45, 2.75) is 18.8 Å². The number of amides is 3. The van der Waals surface area contributed by atoms with Crippen molar-refractivity contribution in [1.29, 1.82) is 0 Å². The van der Waals surface area contributed by atoms with Gasteiger partial charge in [-0.05, 0) is 55.3 Å². The second-order valence-electron chi connectivity index (χ2n) is 8.38. The summed E-state index contributed by atoms with van der Waals surface area (Å²) < 4.78 is 0. The second-order valence-corrected chi connectivity index (χ2v) is 8.38. The molecule has 1 aliphatic heterocycles. The minimum absolute atomic E-state index is 0.255. The Hall–Kier alpha value is -4.32. The van der Waals surface area contributed by atoms with Gasteiger partial charge in [0.15, 0.2) is 0 Å². The maximum absolute atomic E-state index is 13.3. The summed E-state index contributed by atoms with van der Waals surface area (Å²) in [6.07, 6.45) is 2.18. The Kier molecular flexibility index (Phi) is 4.33. The van der Waals surface area contributed by atoms with Gasteiger partial charge in [-0.2, -0.15) is 0 Å². The van der Waals surface area contributed by atoms with Crippen LogP contribution in [-0.4, -0.2) is 22.7 Å². The van der Waals surface area contributed by atoms with Gasteiger partial charge in [0.1, 0.15) is 0 Å². The standard InChI is InChI=1S/C27H19N3O3/c31-25(22-15-24(16-12-13-16)29-23-11-4-3-8-19(22)23)28-17-6-5-7-18(14-17)30-26(32)20-9-1-2-10-21(20)27(30)33/h1-11,14-16H,12-13H2,(H,28,31). The molecule has 0 spiro atoms. The van der Waals surface area contributed by atoms with Crippen LogP contribution in [0.2, 0.25) is 0 Å². The zero-order valence-corrected chi connectivity index (χ0v) is 17.6. The van der Waals surface area contributed by atoms with Crippen molar-refractivity contribution in [2.75, 3.05) is 10.2 Å². The van der Waals surface area contributed by atoms with Crippen molar-refractivity contribution in [2.24, 2.45) is 0 Å². The van der Waals surface area contributed by atoms with Crippen LogP contribution in [0.25, 0.3) is 10.9 Å². The van der Waals surface area contributed by atoms with E-state index in [1.807, 2.05) is 30.3 Å². The summed E-state index contributed by atoms with van der Waals surface area (Å²) in [5.41, 5.74) is 3.99. The summed E-state index contributed by atoms with van der Waals surface area (Å²) in [6, 6.07) is 23.0. The van der Waals surface area contributed by atoms with Crippen LogP contribution >= 0.6 is 0 Å². The van der Waals surface area contributed by atoms with Gasteiger partial charge in [0.25, 0.3) is 17.7 Å². The first kappa shape index (κ1) is 19.4. The number of rotatable bonds is 4. The third-order valence-corrected chi connectivity index (χ3v) is 6.13. The highest BCUT2D eigenvalue weighted by Gasteiger charge is 2.36. The first-order valence-corrected chi connectivity index (χ1v) is 10.9. The first-order chi connectivity index (χ1) is 16.1. The number of hydrogen-bond acceptors (Lipinski definition) is 4. The fraction of sp³-hybridized carbons (Fsp3) is 0.111. The summed E-state index contributed by atoms with van der Waals surface area (Å²) in [5, 5.41) is 3.72. The number of fused-ring (bicyclic) bond motifs is 2. The fourth-order valence-corrected chi connectivity index (χ4v) is 4.32. The maximum Gasteiger partial charge on any atom is 0.266 e. The smallest absolute Gasteiger partial charge is 0.266 e. The molecular formula is C27H19N3O3. The number of pyridine rings is 1. The Morgan fingerprint density at radius 2 is 1.55 bits per heavy atom. The average Bonchev–Trinajstić information content (AvgIpc) is 3.66. The summed E-state index contributed by atoms with van der Waals surface area (Å²) in [5.74, 6) is -0.574. The molecule has 0 saturated heterocycles. The zero-order valence-electron chi connectivity index (χ0n) is 17.6. The van der Waals surface area contributed by atoms with Gasteiger partial charge >= 0.3 is 0 Å². The van der Waals surface area contributed by atoms with Gasteiger partial charge < -0.3 is 5.32 Å². The molecule has 0 atom stereocenters. The summed E-state index contributed by atoms with van der Waals surface area (Å²) in [6.45, 7) is 0. The van der Waals surface area contributed by atoms with Crippen LogP contribution in [0.1, 0.15) is 55.5 Å². The lowest BCUT2D eigenvalue weighted by Gasteiger charge is -2.16. The van der Waals surface area contributed by atoms with Crippen LogP contribution in [0.5, 0.6) is 0 Å². The Labute approximate surface area is 189 Å². The summed E-state index contributed by atoms with van der Waals surface area (Å²) in [7, 11) is 0. The Morgan fingerprint density at radius 1 is 0.848 bits per heavy atom. The van der Waals surface area contributed by atoms with E-state index in [2.05, 4.69) is 5.32 Å². The number of aromatic nitrogens is 1. The third-order valence-electron chi connectivity index (χ3n) is 6.13. The molecule has 2 aliphatic rings. The molecule has 1 fully saturated rings. The molecule has 3 aromatic carbocycles. The van der Waals surface area contributed by atoms with E-state index in [1.54, 1.807) is 48.5 Å². The number of carbonyl (C=O) groups excluding carboxylic acids is 3. The van der Waals surface area contributed by atoms with E-state index < -0.39 is 0 Å². The van der Waals surface area contributed by atoms with E-state index in [0.717, 1.165) is 34.3 Å². The molecule has 1 aromatic heterocycles. The van der Waals surface area contributed by atoms with E-state index >= 15 is 0 Å². The van der Waals surface area contributed by atoms with Crippen molar-refractivity contribution < 1.29 is 14.4 Å². The van der Waals surface area contributed by atoms with Gasteiger partial charge in [-0.25, -0.2) is 4.90 Å². The molecule has 6 rings (SSSR count). The number of nitrogens with one attached hydrogen (secondary N) is 1. The van der Waals surface area contributed by atoms with E-state index in [9.17, 15) is 14.4 Å². The van der Waals surface area contributed by atoms with Gasteiger partial charge in [0, 0.05) is 22.7 Å². The predicted molar refractivity (Wildman–Crippen MR) is 126 cm³/mol. The monoisotopic (exact) mass is 433 g/mol. The Balaban J connectivity index is 1.33.